The Hall–Kier alpha value is -11.9. The number of ether oxygens (including phenoxy) is 12. The quantitative estimate of drug-likeness (QED) is 0.0257. The Morgan fingerprint density at radius 3 is 0.727 bits per heavy atom. The van der Waals surface area contributed by atoms with Crippen molar-refractivity contribution in [2.24, 2.45) is 0 Å². The Bertz CT molecular complexity index is 4580. The molecular formula is C114H178N10O26. The van der Waals surface area contributed by atoms with Crippen molar-refractivity contribution in [3.8, 4) is 0 Å². The maximum absolute atomic E-state index is 11.9. The summed E-state index contributed by atoms with van der Waals surface area (Å²) in [5, 5.41) is 0. The SMILES string of the molecule is C.C.C.C.C=C(C)C(=O)OCCOC(C)N1CCCC1=O.C=C(C)C(=O)OCCOC(C)N1CCCCCC1=O.C=C1C=CC(=O)N1CCOC(C)N1CCCC1=O.C=C1C=CC(=O)N1CCOC(C)N1CCCCCC1=O.C=CC(=O)OCCOC(C)N1CCCC1=O.C=CC(=O)OCCOC(C)N1CCCCCC1=O.CC(OC/C=C/c1ccccc1)N1CCCC1=O.CC(OC/C=C/c1ccccc1)N1CCCCCC1=O. The van der Waals surface area contributed by atoms with E-state index in [4.69, 9.17) is 56.8 Å². The maximum Gasteiger partial charge on any atom is 0.333 e. The summed E-state index contributed by atoms with van der Waals surface area (Å²) in [5.74, 6) is -0.614. The van der Waals surface area contributed by atoms with Gasteiger partial charge in [-0.3, -0.25) is 47.9 Å². The first-order chi connectivity index (χ1) is 70.1. The van der Waals surface area contributed by atoms with Crippen LogP contribution in [0.4, 0.5) is 0 Å². The van der Waals surface area contributed by atoms with Gasteiger partial charge in [-0.15, -0.1) is 0 Å². The maximum atomic E-state index is 11.9. The smallest absolute Gasteiger partial charge is 0.333 e. The van der Waals surface area contributed by atoms with Crippen LogP contribution in [-0.4, -0.2) is 327 Å². The molecule has 2 aromatic rings. The molecule has 8 unspecified atom stereocenters. The lowest BCUT2D eigenvalue weighted by atomic mass is 10.2. The number of likely N-dealkylation sites (tertiary alicyclic amines) is 8. The molecule has 8 fully saturated rings. The molecule has 0 radical (unpaired) electrons. The molecular weight excluding hydrogens is 1930 g/mol. The largest absolute Gasteiger partial charge is 0.460 e. The van der Waals surface area contributed by atoms with Crippen LogP contribution in [0.3, 0.4) is 0 Å². The first-order valence-corrected chi connectivity index (χ1v) is 51.4. The van der Waals surface area contributed by atoms with Crippen LogP contribution in [0.5, 0.6) is 0 Å². The summed E-state index contributed by atoms with van der Waals surface area (Å²) < 4.78 is 63.9. The van der Waals surface area contributed by atoms with E-state index in [1.807, 2.05) is 133 Å². The number of nitrogens with zero attached hydrogens (tertiary/aromatic N) is 10. The molecule has 0 aliphatic carbocycles. The van der Waals surface area contributed by atoms with Gasteiger partial charge in [0.25, 0.3) is 11.8 Å². The third kappa shape index (κ3) is 53.2. The van der Waals surface area contributed by atoms with Gasteiger partial charge in [-0.25, -0.2) is 19.2 Å². The molecule has 10 heterocycles. The molecule has 8 saturated heterocycles. The number of hydrogen-bond acceptors (Lipinski definition) is 26. The van der Waals surface area contributed by atoms with Gasteiger partial charge in [0.05, 0.1) is 52.9 Å². The predicted octanol–water partition coefficient (Wildman–Crippen LogP) is 16.4. The van der Waals surface area contributed by atoms with Crippen LogP contribution in [0, 0.1) is 0 Å². The van der Waals surface area contributed by atoms with Crippen molar-refractivity contribution < 1.29 is 124 Å². The van der Waals surface area contributed by atoms with Gasteiger partial charge < -0.3 is 106 Å². The molecule has 0 N–H and O–H groups in total. The van der Waals surface area contributed by atoms with Crippen LogP contribution >= 0.6 is 0 Å². The average Bonchev–Trinajstić information content (AvgIpc) is 1.72. The minimum absolute atomic E-state index is 0. The normalized spacial score (nSPS) is 18.2. The van der Waals surface area contributed by atoms with Crippen molar-refractivity contribution in [2.75, 3.05) is 145 Å². The Morgan fingerprint density at radius 1 is 0.293 bits per heavy atom. The van der Waals surface area contributed by atoms with Crippen molar-refractivity contribution >= 4 is 95.1 Å². The van der Waals surface area contributed by atoms with Gasteiger partial charge in [-0.1, -0.05) is 180 Å². The standard InChI is InChI=1S/C17H23NO2.C15H22N2O3.C15H19NO2.C14H23NO4.C13H18N2O3.C13H21NO4.C12H19NO4.C11H17NO4.4CH4/c1-15(18-13-7-3-6-12-17(18)19)20-14-8-11-16-9-4-2-5-10-16;1-12-7-8-15(19)16(12)10-11-20-13(2)17-9-5-3-4-6-14(17)18;1-13(16-11-5-10-15(16)17)18-12-6-9-14-7-3-2-4-8-14;1-11(2)14(17)19-10-9-18-12(3)15-8-6-4-5-7-13(15)16;1-10-5-6-13(17)14(10)8-9-18-11(2)15-7-3-4-12(15)16;1-3-13(16)18-10-9-17-11(2)14-8-6-4-5-7-12(14)15;1-9(2)12(15)17-8-7-16-10(3)13-6-4-5-11(13)14;1-3-11(14)16-8-7-15-9(2)12-6-4-5-10(12)13;;;;/h2,4-5,8-11,15H,3,6-7,12-14H2,1H3;7-8,13H,1,3-6,9-11H2,2H3;2-4,6-9,13H,5,10-12H2,1H3;12H,1,4-10H2,2-3H3;5-6,11H,1,3-4,7-9H2,2H3;3,11H,1,4-10H2,2H3;10H,1,4-8H2,2-3H3;3,9H,1,4-8H2,2H3;4*1H4/b11-8+;;9-6+;;;;;;;;;. The highest BCUT2D eigenvalue weighted by Gasteiger charge is 2.33. The zero-order valence-electron chi connectivity index (χ0n) is 88.0. The number of benzene rings is 2. The minimum Gasteiger partial charge on any atom is -0.460 e. The number of rotatable bonds is 44. The lowest BCUT2D eigenvalue weighted by Crippen LogP contribution is -2.41. The lowest BCUT2D eigenvalue weighted by molar-refractivity contribution is -0.150. The van der Waals surface area contributed by atoms with Crippen LogP contribution in [0.25, 0.3) is 12.2 Å². The fourth-order valence-electron chi connectivity index (χ4n) is 16.3. The molecule has 10 amide bonds. The number of carbonyl (C=O) groups excluding carboxylic acids is 14. The molecule has 36 nitrogen and oxygen atoms in total. The summed E-state index contributed by atoms with van der Waals surface area (Å²) >= 11 is 0. The number of hydrogen-bond donors (Lipinski definition) is 0. The summed E-state index contributed by atoms with van der Waals surface area (Å²) in [6.45, 7) is 50.1. The predicted molar refractivity (Wildman–Crippen MR) is 580 cm³/mol. The number of amides is 10. The fourth-order valence-corrected chi connectivity index (χ4v) is 16.3. The molecule has 8 atom stereocenters. The van der Waals surface area contributed by atoms with Crippen LogP contribution in [0.15, 0.2) is 171 Å². The van der Waals surface area contributed by atoms with Gasteiger partial charge >= 0.3 is 23.9 Å². The Kier molecular flexibility index (Phi) is 71.0. The number of esters is 4. The van der Waals surface area contributed by atoms with Crippen molar-refractivity contribution in [1.82, 2.24) is 49.0 Å². The van der Waals surface area contributed by atoms with E-state index < -0.39 is 23.9 Å². The van der Waals surface area contributed by atoms with E-state index in [9.17, 15) is 67.1 Å². The Morgan fingerprint density at radius 2 is 0.513 bits per heavy atom. The second-order valence-electron chi connectivity index (χ2n) is 35.9. The molecule has 10 aliphatic rings. The van der Waals surface area contributed by atoms with E-state index in [-0.39, 0.29) is 191 Å². The second kappa shape index (κ2) is 78.3. The van der Waals surface area contributed by atoms with Gasteiger partial charge in [-0.2, -0.15) is 0 Å². The summed E-state index contributed by atoms with van der Waals surface area (Å²) in [5.41, 5.74) is 4.44. The summed E-state index contributed by atoms with van der Waals surface area (Å²) in [6.07, 6.45) is 35.9. The molecule has 12 rings (SSSR count). The van der Waals surface area contributed by atoms with E-state index in [0.29, 0.717) is 113 Å². The van der Waals surface area contributed by atoms with Crippen molar-refractivity contribution in [3.05, 3.63) is 182 Å². The number of allylic oxidation sites excluding steroid dienone is 2. The van der Waals surface area contributed by atoms with E-state index in [1.165, 1.54) is 12.2 Å². The first-order valence-electron chi connectivity index (χ1n) is 51.4. The van der Waals surface area contributed by atoms with Crippen LogP contribution < -0.4 is 0 Å². The third-order valence-electron chi connectivity index (χ3n) is 24.6. The van der Waals surface area contributed by atoms with E-state index in [2.05, 4.69) is 51.6 Å². The summed E-state index contributed by atoms with van der Waals surface area (Å²) in [6, 6.07) is 20.2. The van der Waals surface area contributed by atoms with E-state index >= 15 is 0 Å². The highest BCUT2D eigenvalue weighted by Crippen LogP contribution is 2.24. The Labute approximate surface area is 893 Å². The molecule has 0 aromatic heterocycles. The Balaban J connectivity index is 0.000000855. The van der Waals surface area contributed by atoms with Gasteiger partial charge in [0, 0.05) is 164 Å². The van der Waals surface area contributed by atoms with Crippen LogP contribution in [-0.2, 0) is 124 Å². The third-order valence-corrected chi connectivity index (χ3v) is 24.6. The summed E-state index contributed by atoms with van der Waals surface area (Å²) in [4.78, 5) is 177. The van der Waals surface area contributed by atoms with Crippen LogP contribution in [0.2, 0.25) is 0 Å². The molecule has 0 spiro atoms. The molecule has 150 heavy (non-hydrogen) atoms. The fraction of sp³-hybridized carbons (Fsp3) is 0.596. The molecule has 0 bridgehead atoms. The molecule has 10 aliphatic heterocycles. The zero-order chi connectivity index (χ0) is 107. The number of carbonyl (C=O) groups is 14. The highest BCUT2D eigenvalue weighted by molar-refractivity contribution is 5.94. The topological polar surface area (TPSA) is 382 Å². The van der Waals surface area contributed by atoms with Crippen molar-refractivity contribution in [2.45, 2.75) is 303 Å². The minimum atomic E-state index is -0.464. The summed E-state index contributed by atoms with van der Waals surface area (Å²) in [7, 11) is 0. The monoisotopic (exact) mass is 2100 g/mol. The van der Waals surface area contributed by atoms with E-state index in [0.717, 1.165) is 178 Å². The lowest BCUT2D eigenvalue weighted by Gasteiger charge is -2.28. The van der Waals surface area contributed by atoms with Gasteiger partial charge in [0.2, 0.25) is 47.3 Å². The molecule has 2 aromatic carbocycles. The zero-order valence-corrected chi connectivity index (χ0v) is 88.0. The van der Waals surface area contributed by atoms with Gasteiger partial charge in [0.1, 0.15) is 76.3 Å². The second-order valence-corrected chi connectivity index (χ2v) is 35.9. The first kappa shape index (κ1) is 136. The van der Waals surface area contributed by atoms with Crippen molar-refractivity contribution in [3.63, 3.8) is 0 Å². The molecule has 840 valence electrons. The van der Waals surface area contributed by atoms with E-state index in [1.54, 1.807) is 70.1 Å². The van der Waals surface area contributed by atoms with Gasteiger partial charge in [-0.05, 0) is 170 Å². The van der Waals surface area contributed by atoms with Gasteiger partial charge in [0.15, 0.2) is 0 Å². The van der Waals surface area contributed by atoms with Crippen LogP contribution in [0.1, 0.15) is 264 Å². The van der Waals surface area contributed by atoms with Crippen molar-refractivity contribution in [1.29, 1.82) is 0 Å². The average molecular weight is 2100 g/mol. The highest BCUT2D eigenvalue weighted by atomic mass is 16.6. The molecule has 36 heteroatoms. The molecule has 0 saturated carbocycles.